The van der Waals surface area contributed by atoms with Gasteiger partial charge >= 0.3 is 0 Å². The van der Waals surface area contributed by atoms with Crippen LogP contribution in [0.4, 0.5) is 0 Å². The van der Waals surface area contributed by atoms with E-state index in [0.29, 0.717) is 12.5 Å². The highest BCUT2D eigenvalue weighted by Gasteiger charge is 2.24. The summed E-state index contributed by atoms with van der Waals surface area (Å²) in [5.41, 5.74) is 0. The Kier molecular flexibility index (Phi) is 2.69. The zero-order valence-electron chi connectivity index (χ0n) is 6.88. The maximum atomic E-state index is 8.85. The van der Waals surface area contributed by atoms with Gasteiger partial charge in [0.25, 0.3) is 0 Å². The zero-order chi connectivity index (χ0) is 7.56. The Balaban J connectivity index is 2.28. The average Bonchev–Trinajstić information content (AvgIpc) is 2.34. The van der Waals surface area contributed by atoms with E-state index in [4.69, 9.17) is 5.11 Å². The predicted octanol–water partition coefficient (Wildman–Crippen LogP) is 0.709. The number of aliphatic hydroxyl groups excluding tert-OH is 1. The second kappa shape index (κ2) is 3.35. The van der Waals surface area contributed by atoms with Crippen LogP contribution in [0.15, 0.2) is 0 Å². The molecule has 10 heavy (non-hydrogen) atoms. The molecule has 2 nitrogen and oxygen atoms in total. The maximum absolute atomic E-state index is 8.85. The van der Waals surface area contributed by atoms with Crippen LogP contribution >= 0.6 is 0 Å². The Labute approximate surface area is 62.8 Å². The topological polar surface area (TPSA) is 23.5 Å². The van der Waals surface area contributed by atoms with Crippen LogP contribution in [0.2, 0.25) is 0 Å². The van der Waals surface area contributed by atoms with E-state index < -0.39 is 0 Å². The first-order valence-electron chi connectivity index (χ1n) is 4.01. The third-order valence-electron chi connectivity index (χ3n) is 2.50. The summed E-state index contributed by atoms with van der Waals surface area (Å²) in [6.45, 7) is 0.379. The first-order valence-corrected chi connectivity index (χ1v) is 4.01. The Morgan fingerprint density at radius 3 is 2.40 bits per heavy atom. The molecule has 60 valence electrons. The number of aliphatic hydroxyl groups is 1. The highest BCUT2D eigenvalue weighted by atomic mass is 16.3. The second-order valence-electron chi connectivity index (χ2n) is 3.48. The second-order valence-corrected chi connectivity index (χ2v) is 3.48. The van der Waals surface area contributed by atoms with Gasteiger partial charge in [-0.25, -0.2) is 0 Å². The van der Waals surface area contributed by atoms with E-state index in [0.717, 1.165) is 6.04 Å². The van der Waals surface area contributed by atoms with E-state index in [1.807, 2.05) is 0 Å². The summed E-state index contributed by atoms with van der Waals surface area (Å²) >= 11 is 0. The molecule has 0 heterocycles. The van der Waals surface area contributed by atoms with E-state index >= 15 is 0 Å². The first-order chi connectivity index (χ1) is 4.74. The molecule has 0 aromatic rings. The lowest BCUT2D eigenvalue weighted by molar-refractivity contribution is 0.216. The molecule has 2 heteroatoms. The molecule has 1 aliphatic rings. The molecule has 1 aliphatic carbocycles. The third kappa shape index (κ3) is 1.70. The molecule has 0 aromatic carbocycles. The molecule has 0 saturated heterocycles. The SMILES string of the molecule is CN(C)C1CC[C@@H](CO)C1. The van der Waals surface area contributed by atoms with Gasteiger partial charge in [-0.1, -0.05) is 0 Å². The number of nitrogens with zero attached hydrogens (tertiary/aromatic N) is 1. The lowest BCUT2D eigenvalue weighted by Crippen LogP contribution is -2.25. The van der Waals surface area contributed by atoms with Gasteiger partial charge in [-0.05, 0) is 39.3 Å². The molecular weight excluding hydrogens is 126 g/mol. The summed E-state index contributed by atoms with van der Waals surface area (Å²) in [7, 11) is 4.23. The number of hydrogen-bond acceptors (Lipinski definition) is 2. The summed E-state index contributed by atoms with van der Waals surface area (Å²) in [4.78, 5) is 2.26. The van der Waals surface area contributed by atoms with Gasteiger partial charge in [0.1, 0.15) is 0 Å². The Hall–Kier alpha value is -0.0800. The quantitative estimate of drug-likeness (QED) is 0.615. The van der Waals surface area contributed by atoms with E-state index in [2.05, 4.69) is 19.0 Å². The average molecular weight is 143 g/mol. The lowest BCUT2D eigenvalue weighted by Gasteiger charge is -2.18. The monoisotopic (exact) mass is 143 g/mol. The van der Waals surface area contributed by atoms with Gasteiger partial charge in [-0.2, -0.15) is 0 Å². The minimum absolute atomic E-state index is 0.379. The van der Waals surface area contributed by atoms with Crippen molar-refractivity contribution in [1.82, 2.24) is 4.90 Å². The first kappa shape index (κ1) is 8.02. The van der Waals surface area contributed by atoms with Crippen LogP contribution in [-0.4, -0.2) is 36.8 Å². The summed E-state index contributed by atoms with van der Waals surface area (Å²) in [5.74, 6) is 0.576. The highest BCUT2D eigenvalue weighted by molar-refractivity contribution is 4.79. The van der Waals surface area contributed by atoms with Crippen LogP contribution in [0.1, 0.15) is 19.3 Å². The number of hydrogen-bond donors (Lipinski definition) is 1. The van der Waals surface area contributed by atoms with E-state index in [1.54, 1.807) is 0 Å². The highest BCUT2D eigenvalue weighted by Crippen LogP contribution is 2.27. The number of rotatable bonds is 2. The van der Waals surface area contributed by atoms with Crippen LogP contribution in [0.3, 0.4) is 0 Å². The van der Waals surface area contributed by atoms with Gasteiger partial charge in [-0.15, -0.1) is 0 Å². The zero-order valence-corrected chi connectivity index (χ0v) is 6.88. The van der Waals surface area contributed by atoms with Gasteiger partial charge in [0, 0.05) is 12.6 Å². The molecule has 1 N–H and O–H groups in total. The van der Waals surface area contributed by atoms with Crippen LogP contribution in [-0.2, 0) is 0 Å². The third-order valence-corrected chi connectivity index (χ3v) is 2.50. The van der Waals surface area contributed by atoms with Crippen LogP contribution in [0.25, 0.3) is 0 Å². The minimum atomic E-state index is 0.379. The fourth-order valence-corrected chi connectivity index (χ4v) is 1.68. The van der Waals surface area contributed by atoms with E-state index in [9.17, 15) is 0 Å². The largest absolute Gasteiger partial charge is 0.396 e. The normalized spacial score (nSPS) is 33.6. The lowest BCUT2D eigenvalue weighted by atomic mass is 10.1. The maximum Gasteiger partial charge on any atom is 0.0459 e. The Bertz CT molecular complexity index is 103. The van der Waals surface area contributed by atoms with Crippen molar-refractivity contribution in [2.45, 2.75) is 25.3 Å². The van der Waals surface area contributed by atoms with E-state index in [1.165, 1.54) is 19.3 Å². The molecule has 0 bridgehead atoms. The molecule has 0 aromatic heterocycles. The summed E-state index contributed by atoms with van der Waals surface area (Å²) in [6, 6.07) is 0.720. The van der Waals surface area contributed by atoms with Crippen molar-refractivity contribution >= 4 is 0 Å². The molecular formula is C8H17NO. The molecule has 1 unspecified atom stereocenters. The molecule has 1 rings (SSSR count). The van der Waals surface area contributed by atoms with Crippen molar-refractivity contribution in [3.63, 3.8) is 0 Å². The Morgan fingerprint density at radius 2 is 2.10 bits per heavy atom. The van der Waals surface area contributed by atoms with Gasteiger partial charge in [0.15, 0.2) is 0 Å². The molecule has 1 saturated carbocycles. The van der Waals surface area contributed by atoms with Crippen LogP contribution in [0, 0.1) is 5.92 Å². The summed E-state index contributed by atoms with van der Waals surface area (Å²) in [6.07, 6.45) is 3.65. The van der Waals surface area contributed by atoms with Crippen molar-refractivity contribution in [3.8, 4) is 0 Å². The fraction of sp³-hybridized carbons (Fsp3) is 1.00. The van der Waals surface area contributed by atoms with Crippen molar-refractivity contribution in [2.75, 3.05) is 20.7 Å². The standard InChI is InChI=1S/C8H17NO/c1-9(2)8-4-3-7(5-8)6-10/h7-8,10H,3-6H2,1-2H3/t7-,8?/m1/s1. The molecule has 0 spiro atoms. The smallest absolute Gasteiger partial charge is 0.0459 e. The van der Waals surface area contributed by atoms with Gasteiger partial charge in [0.2, 0.25) is 0 Å². The van der Waals surface area contributed by atoms with Gasteiger partial charge in [-0.3, -0.25) is 0 Å². The molecule has 0 amide bonds. The van der Waals surface area contributed by atoms with Crippen LogP contribution < -0.4 is 0 Å². The van der Waals surface area contributed by atoms with Crippen molar-refractivity contribution in [2.24, 2.45) is 5.92 Å². The van der Waals surface area contributed by atoms with Crippen molar-refractivity contribution in [3.05, 3.63) is 0 Å². The summed E-state index contributed by atoms with van der Waals surface area (Å²) < 4.78 is 0. The van der Waals surface area contributed by atoms with Crippen molar-refractivity contribution < 1.29 is 5.11 Å². The minimum Gasteiger partial charge on any atom is -0.396 e. The van der Waals surface area contributed by atoms with Crippen molar-refractivity contribution in [1.29, 1.82) is 0 Å². The molecule has 1 fully saturated rings. The molecule has 2 atom stereocenters. The van der Waals surface area contributed by atoms with Gasteiger partial charge < -0.3 is 10.0 Å². The van der Waals surface area contributed by atoms with Gasteiger partial charge in [0.05, 0.1) is 0 Å². The Morgan fingerprint density at radius 1 is 1.40 bits per heavy atom. The summed E-state index contributed by atoms with van der Waals surface area (Å²) in [5, 5.41) is 8.85. The molecule has 0 aliphatic heterocycles. The predicted molar refractivity (Wildman–Crippen MR) is 41.9 cm³/mol. The van der Waals surface area contributed by atoms with E-state index in [-0.39, 0.29) is 0 Å². The molecule has 0 radical (unpaired) electrons. The fourth-order valence-electron chi connectivity index (χ4n) is 1.68. The van der Waals surface area contributed by atoms with Crippen LogP contribution in [0.5, 0.6) is 0 Å².